The van der Waals surface area contributed by atoms with Crippen molar-refractivity contribution in [2.45, 2.75) is 38.6 Å². The fourth-order valence-corrected chi connectivity index (χ4v) is 2.73. The topological polar surface area (TPSA) is 62.7 Å². The Hall–Kier alpha value is -1.10. The minimum absolute atomic E-state index is 0.0747. The second-order valence-corrected chi connectivity index (χ2v) is 5.35. The third-order valence-electron chi connectivity index (χ3n) is 3.91. The number of nitrogens with one attached hydrogen (secondary N) is 2. The summed E-state index contributed by atoms with van der Waals surface area (Å²) < 4.78 is 4.94. The van der Waals surface area contributed by atoms with E-state index < -0.39 is 0 Å². The number of carbonyl (C=O) groups excluding carboxylic acids is 1. The molecule has 18 heavy (non-hydrogen) atoms. The average Bonchev–Trinajstić information content (AvgIpc) is 2.72. The van der Waals surface area contributed by atoms with Gasteiger partial charge in [-0.3, -0.25) is 15.1 Å². The number of aliphatic imine (C=N–C) groups is 1. The molecule has 2 N–H and O–H groups in total. The SMILES string of the molecule is COCCN=C1NC(=O)C(C2CCC(C)CC2)N1. The highest BCUT2D eigenvalue weighted by molar-refractivity contribution is 6.06. The molecule has 1 amide bonds. The Bertz CT molecular complexity index is 322. The van der Waals surface area contributed by atoms with Crippen LogP contribution in [-0.4, -0.2) is 38.2 Å². The lowest BCUT2D eigenvalue weighted by Gasteiger charge is -2.29. The molecule has 102 valence electrons. The van der Waals surface area contributed by atoms with Crippen molar-refractivity contribution < 1.29 is 9.53 Å². The van der Waals surface area contributed by atoms with Crippen LogP contribution in [0.4, 0.5) is 0 Å². The summed E-state index contributed by atoms with van der Waals surface area (Å²) in [6.45, 7) is 3.44. The highest BCUT2D eigenvalue weighted by atomic mass is 16.5. The maximum atomic E-state index is 11.9. The first kappa shape index (κ1) is 13.3. The van der Waals surface area contributed by atoms with Crippen molar-refractivity contribution in [3.63, 3.8) is 0 Å². The van der Waals surface area contributed by atoms with Crippen molar-refractivity contribution in [1.82, 2.24) is 10.6 Å². The molecule has 1 atom stereocenters. The smallest absolute Gasteiger partial charge is 0.249 e. The van der Waals surface area contributed by atoms with Gasteiger partial charge in [0.25, 0.3) is 0 Å². The van der Waals surface area contributed by atoms with Crippen molar-refractivity contribution in [1.29, 1.82) is 0 Å². The van der Waals surface area contributed by atoms with Crippen LogP contribution in [-0.2, 0) is 9.53 Å². The van der Waals surface area contributed by atoms with Crippen molar-refractivity contribution >= 4 is 11.9 Å². The molecule has 1 aliphatic carbocycles. The summed E-state index contributed by atoms with van der Waals surface area (Å²) >= 11 is 0. The molecular weight excluding hydrogens is 230 g/mol. The molecule has 0 aromatic heterocycles. The molecule has 5 heteroatoms. The van der Waals surface area contributed by atoms with Gasteiger partial charge in [-0.15, -0.1) is 0 Å². The minimum Gasteiger partial charge on any atom is -0.383 e. The molecule has 1 unspecified atom stereocenters. The largest absolute Gasteiger partial charge is 0.383 e. The number of nitrogens with zero attached hydrogens (tertiary/aromatic N) is 1. The van der Waals surface area contributed by atoms with Gasteiger partial charge in [-0.25, -0.2) is 0 Å². The molecule has 1 heterocycles. The fraction of sp³-hybridized carbons (Fsp3) is 0.846. The molecule has 5 nitrogen and oxygen atoms in total. The number of carbonyl (C=O) groups is 1. The number of ether oxygens (including phenoxy) is 1. The quantitative estimate of drug-likeness (QED) is 0.732. The van der Waals surface area contributed by atoms with E-state index in [2.05, 4.69) is 22.5 Å². The second kappa shape index (κ2) is 6.18. The number of methoxy groups -OCH3 is 1. The third-order valence-corrected chi connectivity index (χ3v) is 3.91. The van der Waals surface area contributed by atoms with Gasteiger partial charge in [0.2, 0.25) is 5.91 Å². The van der Waals surface area contributed by atoms with Gasteiger partial charge in [0.15, 0.2) is 5.96 Å². The van der Waals surface area contributed by atoms with Crippen molar-refractivity contribution in [2.24, 2.45) is 16.8 Å². The zero-order valence-electron chi connectivity index (χ0n) is 11.2. The zero-order chi connectivity index (χ0) is 13.0. The predicted octanol–water partition coefficient (Wildman–Crippen LogP) is 0.903. The standard InChI is InChI=1S/C13H23N3O2/c1-9-3-5-10(6-4-9)11-12(17)16-13(15-11)14-7-8-18-2/h9-11H,3-8H2,1-2H3,(H2,14,15,16,17). The predicted molar refractivity (Wildman–Crippen MR) is 70.4 cm³/mol. The molecule has 0 bridgehead atoms. The van der Waals surface area contributed by atoms with E-state index >= 15 is 0 Å². The van der Waals surface area contributed by atoms with Gasteiger partial charge in [-0.2, -0.15) is 0 Å². The Labute approximate surface area is 108 Å². The molecule has 1 saturated heterocycles. The van der Waals surface area contributed by atoms with Crippen molar-refractivity contribution in [3.8, 4) is 0 Å². The van der Waals surface area contributed by atoms with Gasteiger partial charge in [0, 0.05) is 7.11 Å². The second-order valence-electron chi connectivity index (χ2n) is 5.35. The lowest BCUT2D eigenvalue weighted by Crippen LogP contribution is -2.38. The van der Waals surface area contributed by atoms with Gasteiger partial charge < -0.3 is 10.1 Å². The Morgan fingerprint density at radius 3 is 2.72 bits per heavy atom. The molecule has 0 aromatic carbocycles. The molecular formula is C13H23N3O2. The van der Waals surface area contributed by atoms with Crippen LogP contribution in [0, 0.1) is 11.8 Å². The Kier molecular flexibility index (Phi) is 4.58. The van der Waals surface area contributed by atoms with E-state index in [0.717, 1.165) is 18.8 Å². The lowest BCUT2D eigenvalue weighted by molar-refractivity contribution is -0.121. The highest BCUT2D eigenvalue weighted by Gasteiger charge is 2.36. The maximum absolute atomic E-state index is 11.9. The van der Waals surface area contributed by atoms with Crippen LogP contribution in [0.1, 0.15) is 32.6 Å². The average molecular weight is 253 g/mol. The fourth-order valence-electron chi connectivity index (χ4n) is 2.73. The normalized spacial score (nSPS) is 34.4. The van der Waals surface area contributed by atoms with E-state index in [9.17, 15) is 4.79 Å². The van der Waals surface area contributed by atoms with E-state index in [4.69, 9.17) is 4.74 Å². The Morgan fingerprint density at radius 1 is 1.33 bits per heavy atom. The summed E-state index contributed by atoms with van der Waals surface area (Å²) in [6, 6.07) is -0.0844. The first-order chi connectivity index (χ1) is 8.70. The number of hydrogen-bond acceptors (Lipinski definition) is 3. The number of rotatable bonds is 4. The minimum atomic E-state index is -0.0844. The monoisotopic (exact) mass is 253 g/mol. The zero-order valence-corrected chi connectivity index (χ0v) is 11.2. The van der Waals surface area contributed by atoms with Crippen LogP contribution < -0.4 is 10.6 Å². The van der Waals surface area contributed by atoms with Gasteiger partial charge >= 0.3 is 0 Å². The Balaban J connectivity index is 1.87. The van der Waals surface area contributed by atoms with Crippen LogP contribution in [0.3, 0.4) is 0 Å². The highest BCUT2D eigenvalue weighted by Crippen LogP contribution is 2.31. The summed E-state index contributed by atoms with van der Waals surface area (Å²) in [7, 11) is 1.65. The molecule has 0 aromatic rings. The van der Waals surface area contributed by atoms with Crippen LogP contribution in [0.15, 0.2) is 4.99 Å². The van der Waals surface area contributed by atoms with Crippen LogP contribution in [0.25, 0.3) is 0 Å². The van der Waals surface area contributed by atoms with E-state index in [-0.39, 0.29) is 11.9 Å². The summed E-state index contributed by atoms with van der Waals surface area (Å²) in [4.78, 5) is 16.2. The van der Waals surface area contributed by atoms with E-state index in [1.54, 1.807) is 7.11 Å². The molecule has 0 radical (unpaired) electrons. The van der Waals surface area contributed by atoms with Crippen molar-refractivity contribution in [2.75, 3.05) is 20.3 Å². The molecule has 2 aliphatic rings. The summed E-state index contributed by atoms with van der Waals surface area (Å²) in [5.41, 5.74) is 0. The van der Waals surface area contributed by atoms with Gasteiger partial charge in [0.05, 0.1) is 13.2 Å². The van der Waals surface area contributed by atoms with Crippen LogP contribution >= 0.6 is 0 Å². The lowest BCUT2D eigenvalue weighted by atomic mass is 9.79. The molecule has 2 fully saturated rings. The van der Waals surface area contributed by atoms with Gasteiger partial charge in [-0.05, 0) is 24.7 Å². The van der Waals surface area contributed by atoms with Crippen LogP contribution in [0.5, 0.6) is 0 Å². The Morgan fingerprint density at radius 2 is 2.06 bits per heavy atom. The first-order valence-corrected chi connectivity index (χ1v) is 6.81. The first-order valence-electron chi connectivity index (χ1n) is 6.81. The molecule has 2 rings (SSSR count). The third kappa shape index (κ3) is 3.22. The number of hydrogen-bond donors (Lipinski definition) is 2. The molecule has 1 saturated carbocycles. The van der Waals surface area contributed by atoms with E-state index in [1.165, 1.54) is 12.8 Å². The summed E-state index contributed by atoms with van der Waals surface area (Å²) in [5.74, 6) is 1.95. The van der Waals surface area contributed by atoms with Gasteiger partial charge in [0.1, 0.15) is 6.04 Å². The number of amides is 1. The molecule has 1 aliphatic heterocycles. The maximum Gasteiger partial charge on any atom is 0.249 e. The van der Waals surface area contributed by atoms with Gasteiger partial charge in [-0.1, -0.05) is 19.8 Å². The van der Waals surface area contributed by atoms with E-state index in [0.29, 0.717) is 25.0 Å². The van der Waals surface area contributed by atoms with Crippen LogP contribution in [0.2, 0.25) is 0 Å². The van der Waals surface area contributed by atoms with E-state index in [1.807, 2.05) is 0 Å². The number of guanidine groups is 1. The van der Waals surface area contributed by atoms with Crippen molar-refractivity contribution in [3.05, 3.63) is 0 Å². The summed E-state index contributed by atoms with van der Waals surface area (Å²) in [5, 5.41) is 6.03. The summed E-state index contributed by atoms with van der Waals surface area (Å²) in [6.07, 6.45) is 4.73. The molecule has 0 spiro atoms.